The Morgan fingerprint density at radius 3 is 2.62 bits per heavy atom. The third-order valence-electron chi connectivity index (χ3n) is 2.99. The predicted molar refractivity (Wildman–Crippen MR) is 60.1 cm³/mol. The summed E-state index contributed by atoms with van der Waals surface area (Å²) in [6.07, 6.45) is 1.13. The van der Waals surface area contributed by atoms with Gasteiger partial charge in [0.2, 0.25) is 0 Å². The van der Waals surface area contributed by atoms with Gasteiger partial charge in [0.05, 0.1) is 5.54 Å². The zero-order valence-corrected chi connectivity index (χ0v) is 9.74. The highest BCUT2D eigenvalue weighted by Gasteiger charge is 2.29. The second kappa shape index (κ2) is 3.81. The van der Waals surface area contributed by atoms with Crippen LogP contribution in [0, 0.1) is 12.8 Å². The van der Waals surface area contributed by atoms with Gasteiger partial charge in [-0.1, -0.05) is 20.3 Å². The first-order chi connectivity index (χ1) is 6.00. The monoisotopic (exact) mass is 197 g/mol. The van der Waals surface area contributed by atoms with Crippen LogP contribution in [0.1, 0.15) is 37.6 Å². The van der Waals surface area contributed by atoms with Gasteiger partial charge in [-0.3, -0.25) is 0 Å². The standard InChI is InChI=1S/C11H19NS/c1-5-9(3)11(4,12)10-8(2)6-7-13-10/h6-7,9H,5,12H2,1-4H3. The summed E-state index contributed by atoms with van der Waals surface area (Å²) in [7, 11) is 0. The van der Waals surface area contributed by atoms with E-state index in [1.807, 2.05) is 0 Å². The number of hydrogen-bond donors (Lipinski definition) is 1. The predicted octanol–water partition coefficient (Wildman–Crippen LogP) is 3.28. The van der Waals surface area contributed by atoms with Crippen LogP contribution in [0.25, 0.3) is 0 Å². The van der Waals surface area contributed by atoms with Crippen LogP contribution < -0.4 is 5.73 Å². The van der Waals surface area contributed by atoms with E-state index in [0.29, 0.717) is 5.92 Å². The molecule has 2 atom stereocenters. The molecule has 0 aliphatic rings. The zero-order valence-electron chi connectivity index (χ0n) is 8.92. The van der Waals surface area contributed by atoms with Crippen molar-refractivity contribution in [3.63, 3.8) is 0 Å². The third kappa shape index (κ3) is 1.94. The summed E-state index contributed by atoms with van der Waals surface area (Å²) in [4.78, 5) is 1.34. The van der Waals surface area contributed by atoms with E-state index in [2.05, 4.69) is 39.1 Å². The summed E-state index contributed by atoms with van der Waals surface area (Å²) in [5, 5.41) is 2.12. The number of rotatable bonds is 3. The van der Waals surface area contributed by atoms with Crippen LogP contribution >= 0.6 is 11.3 Å². The number of thiophene rings is 1. The SMILES string of the molecule is CCC(C)C(C)(N)c1sccc1C. The van der Waals surface area contributed by atoms with Crippen molar-refractivity contribution in [3.05, 3.63) is 21.9 Å². The summed E-state index contributed by atoms with van der Waals surface area (Å²) in [5.74, 6) is 0.532. The minimum Gasteiger partial charge on any atom is -0.321 e. The second-order valence-corrected chi connectivity index (χ2v) is 4.94. The van der Waals surface area contributed by atoms with Gasteiger partial charge in [-0.2, -0.15) is 0 Å². The summed E-state index contributed by atoms with van der Waals surface area (Å²) in [6, 6.07) is 2.15. The van der Waals surface area contributed by atoms with Gasteiger partial charge in [-0.15, -0.1) is 11.3 Å². The first-order valence-electron chi connectivity index (χ1n) is 4.83. The molecule has 2 N–H and O–H groups in total. The Hall–Kier alpha value is -0.340. The molecule has 0 aliphatic heterocycles. The molecule has 1 aromatic heterocycles. The number of aryl methyl sites for hydroxylation is 1. The molecule has 0 radical (unpaired) electrons. The fourth-order valence-electron chi connectivity index (χ4n) is 1.57. The van der Waals surface area contributed by atoms with Gasteiger partial charge in [-0.05, 0) is 36.8 Å². The van der Waals surface area contributed by atoms with Crippen molar-refractivity contribution >= 4 is 11.3 Å². The molecule has 0 saturated carbocycles. The van der Waals surface area contributed by atoms with Crippen molar-refractivity contribution in [1.82, 2.24) is 0 Å². The normalized spacial score (nSPS) is 18.2. The molecular formula is C11H19NS. The van der Waals surface area contributed by atoms with Crippen LogP contribution in [0.3, 0.4) is 0 Å². The smallest absolute Gasteiger partial charge is 0.0503 e. The lowest BCUT2D eigenvalue weighted by molar-refractivity contribution is 0.321. The molecule has 2 heteroatoms. The average Bonchev–Trinajstić information content (AvgIpc) is 2.50. The van der Waals surface area contributed by atoms with E-state index in [1.54, 1.807) is 11.3 Å². The van der Waals surface area contributed by atoms with Crippen molar-refractivity contribution < 1.29 is 0 Å². The summed E-state index contributed by atoms with van der Waals surface area (Å²) in [5.41, 5.74) is 7.52. The van der Waals surface area contributed by atoms with Crippen LogP contribution in [0.2, 0.25) is 0 Å². The minimum absolute atomic E-state index is 0.160. The van der Waals surface area contributed by atoms with Gasteiger partial charge >= 0.3 is 0 Å². The second-order valence-electron chi connectivity index (χ2n) is 4.02. The van der Waals surface area contributed by atoms with Gasteiger partial charge in [0.25, 0.3) is 0 Å². The lowest BCUT2D eigenvalue weighted by Crippen LogP contribution is -2.39. The maximum absolute atomic E-state index is 6.35. The maximum Gasteiger partial charge on any atom is 0.0503 e. The lowest BCUT2D eigenvalue weighted by atomic mass is 9.83. The van der Waals surface area contributed by atoms with Crippen LogP contribution in [-0.4, -0.2) is 0 Å². The van der Waals surface area contributed by atoms with Crippen LogP contribution in [0.5, 0.6) is 0 Å². The third-order valence-corrected chi connectivity index (χ3v) is 4.26. The van der Waals surface area contributed by atoms with E-state index in [1.165, 1.54) is 10.4 Å². The van der Waals surface area contributed by atoms with Crippen molar-refractivity contribution in [1.29, 1.82) is 0 Å². The fraction of sp³-hybridized carbons (Fsp3) is 0.636. The highest BCUT2D eigenvalue weighted by Crippen LogP contribution is 2.34. The summed E-state index contributed by atoms with van der Waals surface area (Å²) >= 11 is 1.78. The van der Waals surface area contributed by atoms with E-state index in [4.69, 9.17) is 5.73 Å². The molecule has 0 aliphatic carbocycles. The van der Waals surface area contributed by atoms with E-state index in [-0.39, 0.29) is 5.54 Å². The summed E-state index contributed by atoms with van der Waals surface area (Å²) in [6.45, 7) is 8.69. The Balaban J connectivity index is 2.99. The molecule has 0 aromatic carbocycles. The average molecular weight is 197 g/mol. The van der Waals surface area contributed by atoms with Crippen LogP contribution in [-0.2, 0) is 5.54 Å². The zero-order chi connectivity index (χ0) is 10.1. The Kier molecular flexibility index (Phi) is 3.14. The lowest BCUT2D eigenvalue weighted by Gasteiger charge is -2.30. The van der Waals surface area contributed by atoms with Crippen molar-refractivity contribution in [2.45, 2.75) is 39.7 Å². The quantitative estimate of drug-likeness (QED) is 0.790. The molecular weight excluding hydrogens is 178 g/mol. The van der Waals surface area contributed by atoms with Crippen LogP contribution in [0.15, 0.2) is 11.4 Å². The topological polar surface area (TPSA) is 26.0 Å². The van der Waals surface area contributed by atoms with E-state index in [9.17, 15) is 0 Å². The Labute approximate surface area is 85.0 Å². The number of hydrogen-bond acceptors (Lipinski definition) is 2. The van der Waals surface area contributed by atoms with Crippen molar-refractivity contribution in [2.75, 3.05) is 0 Å². The summed E-state index contributed by atoms with van der Waals surface area (Å²) < 4.78 is 0. The van der Waals surface area contributed by atoms with Crippen molar-refractivity contribution in [2.24, 2.45) is 11.7 Å². The molecule has 13 heavy (non-hydrogen) atoms. The maximum atomic E-state index is 6.35. The molecule has 0 bridgehead atoms. The van der Waals surface area contributed by atoms with Gasteiger partial charge in [0.15, 0.2) is 0 Å². The molecule has 0 amide bonds. The van der Waals surface area contributed by atoms with E-state index in [0.717, 1.165) is 6.42 Å². The van der Waals surface area contributed by atoms with E-state index < -0.39 is 0 Å². The highest BCUT2D eigenvalue weighted by molar-refractivity contribution is 7.10. The molecule has 1 rings (SSSR count). The molecule has 0 spiro atoms. The molecule has 1 aromatic rings. The molecule has 2 unspecified atom stereocenters. The molecule has 1 heterocycles. The van der Waals surface area contributed by atoms with E-state index >= 15 is 0 Å². The van der Waals surface area contributed by atoms with Crippen molar-refractivity contribution in [3.8, 4) is 0 Å². The van der Waals surface area contributed by atoms with Gasteiger partial charge in [0, 0.05) is 4.88 Å². The van der Waals surface area contributed by atoms with Gasteiger partial charge in [-0.25, -0.2) is 0 Å². The Morgan fingerprint density at radius 1 is 1.62 bits per heavy atom. The molecule has 0 saturated heterocycles. The Morgan fingerprint density at radius 2 is 2.23 bits per heavy atom. The molecule has 0 fully saturated rings. The van der Waals surface area contributed by atoms with Crippen LogP contribution in [0.4, 0.5) is 0 Å². The highest BCUT2D eigenvalue weighted by atomic mass is 32.1. The fourth-order valence-corrected chi connectivity index (χ4v) is 2.69. The van der Waals surface area contributed by atoms with Gasteiger partial charge in [0.1, 0.15) is 0 Å². The molecule has 1 nitrogen and oxygen atoms in total. The Bertz CT molecular complexity index is 275. The number of nitrogens with two attached hydrogens (primary N) is 1. The molecule has 74 valence electrons. The first kappa shape index (κ1) is 10.7. The first-order valence-corrected chi connectivity index (χ1v) is 5.71. The van der Waals surface area contributed by atoms with Gasteiger partial charge < -0.3 is 5.73 Å². The largest absolute Gasteiger partial charge is 0.321 e. The minimum atomic E-state index is -0.160.